The first-order valence-corrected chi connectivity index (χ1v) is 5.69. The van der Waals surface area contributed by atoms with Crippen LogP contribution in [0.5, 0.6) is 5.75 Å². The molecule has 0 saturated carbocycles. The fourth-order valence-electron chi connectivity index (χ4n) is 1.38. The summed E-state index contributed by atoms with van der Waals surface area (Å²) >= 11 is 5.77. The van der Waals surface area contributed by atoms with Crippen LogP contribution in [-0.2, 0) is 0 Å². The first kappa shape index (κ1) is 13.2. The van der Waals surface area contributed by atoms with Crippen molar-refractivity contribution < 1.29 is 23.8 Å². The third-order valence-electron chi connectivity index (χ3n) is 2.26. The van der Waals surface area contributed by atoms with Crippen LogP contribution in [0.2, 0.25) is 5.02 Å². The molecule has 0 amide bonds. The number of benzene rings is 1. The SMILES string of the molecule is O=C(O)c1ccc(C(=O)COc2cccc(Cl)c2)o1. The number of carbonyl (C=O) groups excluding carboxylic acids is 1. The summed E-state index contributed by atoms with van der Waals surface area (Å²) in [5.41, 5.74) is 0. The molecule has 0 unspecified atom stereocenters. The van der Waals surface area contributed by atoms with E-state index in [9.17, 15) is 9.59 Å². The van der Waals surface area contributed by atoms with Gasteiger partial charge in [-0.05, 0) is 30.3 Å². The Bertz CT molecular complexity index is 617. The maximum absolute atomic E-state index is 11.7. The summed E-state index contributed by atoms with van der Waals surface area (Å²) in [5.74, 6) is -1.57. The Labute approximate surface area is 113 Å². The predicted molar refractivity (Wildman–Crippen MR) is 66.9 cm³/mol. The highest BCUT2D eigenvalue weighted by Crippen LogP contribution is 2.17. The highest BCUT2D eigenvalue weighted by Gasteiger charge is 2.15. The van der Waals surface area contributed by atoms with E-state index in [1.807, 2.05) is 0 Å². The van der Waals surface area contributed by atoms with Gasteiger partial charge in [-0.3, -0.25) is 4.79 Å². The van der Waals surface area contributed by atoms with Gasteiger partial charge in [0.1, 0.15) is 5.75 Å². The highest BCUT2D eigenvalue weighted by molar-refractivity contribution is 6.30. The highest BCUT2D eigenvalue weighted by atomic mass is 35.5. The molecule has 2 aromatic rings. The molecule has 0 aliphatic rings. The summed E-state index contributed by atoms with van der Waals surface area (Å²) in [5, 5.41) is 9.16. The van der Waals surface area contributed by atoms with Crippen LogP contribution < -0.4 is 4.74 Å². The van der Waals surface area contributed by atoms with Gasteiger partial charge in [-0.25, -0.2) is 4.79 Å². The molecule has 0 aliphatic carbocycles. The molecule has 2 rings (SSSR count). The van der Waals surface area contributed by atoms with Gasteiger partial charge in [-0.2, -0.15) is 0 Å². The Morgan fingerprint density at radius 1 is 1.21 bits per heavy atom. The summed E-state index contributed by atoms with van der Waals surface area (Å²) in [4.78, 5) is 22.3. The van der Waals surface area contributed by atoms with E-state index in [1.54, 1.807) is 24.3 Å². The standard InChI is InChI=1S/C13H9ClO5/c14-8-2-1-3-9(6-8)18-7-10(15)11-4-5-12(19-11)13(16)17/h1-6H,7H2,(H,16,17). The second-order valence-electron chi connectivity index (χ2n) is 3.64. The lowest BCUT2D eigenvalue weighted by Crippen LogP contribution is -2.10. The first-order chi connectivity index (χ1) is 9.06. The molecule has 1 N–H and O–H groups in total. The number of hydrogen-bond donors (Lipinski definition) is 1. The lowest BCUT2D eigenvalue weighted by atomic mass is 10.3. The number of ether oxygens (including phenoxy) is 1. The van der Waals surface area contributed by atoms with Crippen molar-refractivity contribution >= 4 is 23.4 Å². The molecule has 1 aromatic heterocycles. The number of hydrogen-bond acceptors (Lipinski definition) is 4. The smallest absolute Gasteiger partial charge is 0.371 e. The van der Waals surface area contributed by atoms with Gasteiger partial charge in [0, 0.05) is 5.02 Å². The fourth-order valence-corrected chi connectivity index (χ4v) is 1.56. The van der Waals surface area contributed by atoms with Gasteiger partial charge in [0.05, 0.1) is 0 Å². The summed E-state index contributed by atoms with van der Waals surface area (Å²) in [7, 11) is 0. The molecule has 0 radical (unpaired) electrons. The van der Waals surface area contributed by atoms with Gasteiger partial charge in [0.2, 0.25) is 11.5 Å². The fraction of sp³-hybridized carbons (Fsp3) is 0.0769. The number of furan rings is 1. The van der Waals surface area contributed by atoms with Crippen molar-refractivity contribution in [1.29, 1.82) is 0 Å². The summed E-state index contributed by atoms with van der Waals surface area (Å²) in [6.07, 6.45) is 0. The molecule has 0 bridgehead atoms. The minimum Gasteiger partial charge on any atom is -0.485 e. The zero-order chi connectivity index (χ0) is 13.8. The molecule has 98 valence electrons. The molecule has 0 saturated heterocycles. The molecule has 5 nitrogen and oxygen atoms in total. The van der Waals surface area contributed by atoms with Crippen LogP contribution in [0, 0.1) is 0 Å². The summed E-state index contributed by atoms with van der Waals surface area (Å²) in [6, 6.07) is 9.12. The Balaban J connectivity index is 1.99. The first-order valence-electron chi connectivity index (χ1n) is 5.31. The van der Waals surface area contributed by atoms with Crippen molar-refractivity contribution in [1.82, 2.24) is 0 Å². The summed E-state index contributed by atoms with van der Waals surface area (Å²) < 4.78 is 10.1. The van der Waals surface area contributed by atoms with Crippen molar-refractivity contribution in [2.45, 2.75) is 0 Å². The lowest BCUT2D eigenvalue weighted by Gasteiger charge is -2.04. The second-order valence-corrected chi connectivity index (χ2v) is 4.07. The number of rotatable bonds is 5. The maximum Gasteiger partial charge on any atom is 0.371 e. The topological polar surface area (TPSA) is 76.7 Å². The molecule has 19 heavy (non-hydrogen) atoms. The molecule has 0 aliphatic heterocycles. The van der Waals surface area contributed by atoms with Gasteiger partial charge >= 0.3 is 5.97 Å². The Morgan fingerprint density at radius 2 is 1.95 bits per heavy atom. The summed E-state index contributed by atoms with van der Waals surface area (Å²) in [6.45, 7) is -0.257. The number of halogens is 1. The molecule has 0 atom stereocenters. The van der Waals surface area contributed by atoms with Crippen LogP contribution in [0.4, 0.5) is 0 Å². The molecule has 0 spiro atoms. The normalized spacial score (nSPS) is 10.2. The number of aromatic carboxylic acids is 1. The van der Waals surface area contributed by atoms with E-state index >= 15 is 0 Å². The van der Waals surface area contributed by atoms with Crippen LogP contribution in [0.1, 0.15) is 21.1 Å². The van der Waals surface area contributed by atoms with Crippen molar-refractivity contribution in [3.05, 3.63) is 52.9 Å². The second kappa shape index (κ2) is 5.58. The van der Waals surface area contributed by atoms with Gasteiger partial charge in [0.25, 0.3) is 0 Å². The van der Waals surface area contributed by atoms with Crippen LogP contribution in [0.3, 0.4) is 0 Å². The predicted octanol–water partition coefficient (Wildman–Crippen LogP) is 2.89. The van der Waals surface area contributed by atoms with E-state index in [4.69, 9.17) is 25.9 Å². The average Bonchev–Trinajstić information content (AvgIpc) is 2.86. The molecule has 1 heterocycles. The van der Waals surface area contributed by atoms with Crippen LogP contribution in [0.15, 0.2) is 40.8 Å². The quantitative estimate of drug-likeness (QED) is 0.852. The van der Waals surface area contributed by atoms with E-state index in [1.165, 1.54) is 12.1 Å². The number of Topliss-reactive ketones (excluding diaryl/α,β-unsaturated/α-hetero) is 1. The van der Waals surface area contributed by atoms with E-state index in [2.05, 4.69) is 0 Å². The van der Waals surface area contributed by atoms with Gasteiger partial charge in [-0.15, -0.1) is 0 Å². The number of carboxylic acids is 1. The minimum absolute atomic E-state index is 0.0561. The lowest BCUT2D eigenvalue weighted by molar-refractivity contribution is 0.0659. The third kappa shape index (κ3) is 3.35. The third-order valence-corrected chi connectivity index (χ3v) is 2.49. The monoisotopic (exact) mass is 280 g/mol. The maximum atomic E-state index is 11.7. The Morgan fingerprint density at radius 3 is 2.58 bits per heavy atom. The van der Waals surface area contributed by atoms with Crippen molar-refractivity contribution in [2.75, 3.05) is 6.61 Å². The largest absolute Gasteiger partial charge is 0.485 e. The number of ketones is 1. The van der Waals surface area contributed by atoms with Gasteiger partial charge in [-0.1, -0.05) is 17.7 Å². The Kier molecular flexibility index (Phi) is 3.87. The zero-order valence-corrected chi connectivity index (χ0v) is 10.4. The minimum atomic E-state index is -1.23. The van der Waals surface area contributed by atoms with Crippen molar-refractivity contribution in [3.63, 3.8) is 0 Å². The Hall–Kier alpha value is -2.27. The van der Waals surface area contributed by atoms with Crippen LogP contribution in [-0.4, -0.2) is 23.5 Å². The van der Waals surface area contributed by atoms with Crippen molar-refractivity contribution in [2.24, 2.45) is 0 Å². The number of carbonyl (C=O) groups is 2. The molecular formula is C13H9ClO5. The molecular weight excluding hydrogens is 272 g/mol. The van der Waals surface area contributed by atoms with Crippen molar-refractivity contribution in [3.8, 4) is 5.75 Å². The molecule has 1 aromatic carbocycles. The molecule has 0 fully saturated rings. The van der Waals surface area contributed by atoms with Crippen LogP contribution >= 0.6 is 11.6 Å². The zero-order valence-electron chi connectivity index (χ0n) is 9.63. The number of carboxylic acid groups (broad SMARTS) is 1. The van der Waals surface area contributed by atoms with E-state index in [0.717, 1.165) is 0 Å². The van der Waals surface area contributed by atoms with E-state index in [-0.39, 0.29) is 18.1 Å². The van der Waals surface area contributed by atoms with Gasteiger partial charge in [0.15, 0.2) is 12.4 Å². The van der Waals surface area contributed by atoms with Gasteiger partial charge < -0.3 is 14.3 Å². The van der Waals surface area contributed by atoms with E-state index < -0.39 is 11.8 Å². The molecule has 6 heteroatoms. The van der Waals surface area contributed by atoms with E-state index in [0.29, 0.717) is 10.8 Å². The average molecular weight is 281 g/mol. The van der Waals surface area contributed by atoms with Crippen LogP contribution in [0.25, 0.3) is 0 Å².